The van der Waals surface area contributed by atoms with Crippen LogP contribution in [0.25, 0.3) is 0 Å². The molecule has 2 N–H and O–H groups in total. The smallest absolute Gasteiger partial charge is 0.307 e. The number of rotatable bonds is 3. The van der Waals surface area contributed by atoms with Crippen LogP contribution in [0.4, 0.5) is 0 Å². The molecular formula is C8H8O5S. The van der Waals surface area contributed by atoms with E-state index in [-0.39, 0.29) is 11.3 Å². The molecule has 0 aliphatic rings. The molecule has 1 rings (SSSR count). The van der Waals surface area contributed by atoms with Gasteiger partial charge in [-0.05, 0) is 17.7 Å². The fourth-order valence-electron chi connectivity index (χ4n) is 0.954. The van der Waals surface area contributed by atoms with E-state index in [0.29, 0.717) is 5.56 Å². The summed E-state index contributed by atoms with van der Waals surface area (Å²) < 4.78 is 29.8. The molecule has 0 aromatic heterocycles. The second-order valence-corrected chi connectivity index (χ2v) is 4.11. The summed E-state index contributed by atoms with van der Waals surface area (Å²) in [5.74, 6) is -0.996. The summed E-state index contributed by atoms with van der Waals surface area (Å²) in [6.07, 6.45) is -0.175. The van der Waals surface area contributed by atoms with Gasteiger partial charge in [-0.3, -0.25) is 9.35 Å². The third kappa shape index (κ3) is 2.82. The lowest BCUT2D eigenvalue weighted by atomic mass is 10.2. The van der Waals surface area contributed by atoms with Crippen LogP contribution in [-0.4, -0.2) is 24.0 Å². The fraction of sp³-hybridized carbons (Fsp3) is 0.125. The Bertz CT molecular complexity index is 431. The fourth-order valence-corrected chi connectivity index (χ4v) is 1.43. The minimum absolute atomic E-state index is 0.175. The van der Waals surface area contributed by atoms with E-state index in [9.17, 15) is 13.2 Å². The zero-order chi connectivity index (χ0) is 10.8. The molecule has 76 valence electrons. The lowest BCUT2D eigenvalue weighted by Gasteiger charge is -1.98. The zero-order valence-corrected chi connectivity index (χ0v) is 7.86. The van der Waals surface area contributed by atoms with E-state index in [1.54, 1.807) is 0 Å². The van der Waals surface area contributed by atoms with Crippen molar-refractivity contribution in [3.8, 4) is 0 Å². The van der Waals surface area contributed by atoms with Gasteiger partial charge in [0.05, 0.1) is 11.3 Å². The van der Waals surface area contributed by atoms with Crippen LogP contribution in [0.15, 0.2) is 29.2 Å². The first-order valence-electron chi connectivity index (χ1n) is 3.68. The summed E-state index contributed by atoms with van der Waals surface area (Å²) in [4.78, 5) is 10.0. The standard InChI is InChI=1S/C8H8O5S/c9-8(10)5-6-1-3-7(4-2-6)14(11,12)13/h1-4H,5H2,(H,9,10)(H,11,12,13). The van der Waals surface area contributed by atoms with Gasteiger partial charge in [0.25, 0.3) is 10.1 Å². The van der Waals surface area contributed by atoms with E-state index in [0.717, 1.165) is 12.1 Å². The molecule has 0 atom stereocenters. The van der Waals surface area contributed by atoms with Crippen LogP contribution in [0.3, 0.4) is 0 Å². The Morgan fingerprint density at radius 3 is 2.07 bits per heavy atom. The Hall–Kier alpha value is -1.40. The quantitative estimate of drug-likeness (QED) is 0.720. The maximum atomic E-state index is 10.6. The maximum absolute atomic E-state index is 10.6. The predicted molar refractivity (Wildman–Crippen MR) is 47.6 cm³/mol. The van der Waals surface area contributed by atoms with Crippen molar-refractivity contribution in [1.29, 1.82) is 0 Å². The van der Waals surface area contributed by atoms with E-state index in [1.165, 1.54) is 12.1 Å². The van der Waals surface area contributed by atoms with Crippen molar-refractivity contribution in [2.45, 2.75) is 11.3 Å². The molecule has 0 bridgehead atoms. The van der Waals surface area contributed by atoms with Gasteiger partial charge in [-0.15, -0.1) is 0 Å². The molecule has 0 aliphatic heterocycles. The lowest BCUT2D eigenvalue weighted by molar-refractivity contribution is -0.136. The van der Waals surface area contributed by atoms with Crippen molar-refractivity contribution in [2.75, 3.05) is 0 Å². The molecular weight excluding hydrogens is 208 g/mol. The van der Waals surface area contributed by atoms with Crippen molar-refractivity contribution in [3.63, 3.8) is 0 Å². The summed E-state index contributed by atoms with van der Waals surface area (Å²) in [7, 11) is -4.20. The van der Waals surface area contributed by atoms with Crippen molar-refractivity contribution >= 4 is 16.1 Å². The first-order valence-corrected chi connectivity index (χ1v) is 5.12. The van der Waals surface area contributed by atoms with Crippen molar-refractivity contribution < 1.29 is 22.9 Å². The Morgan fingerprint density at radius 1 is 1.21 bits per heavy atom. The molecule has 0 fully saturated rings. The second kappa shape index (κ2) is 3.77. The monoisotopic (exact) mass is 216 g/mol. The van der Waals surface area contributed by atoms with E-state index >= 15 is 0 Å². The average molecular weight is 216 g/mol. The summed E-state index contributed by atoms with van der Waals surface area (Å²) in [5, 5.41) is 8.43. The highest BCUT2D eigenvalue weighted by molar-refractivity contribution is 7.85. The molecule has 0 saturated carbocycles. The number of hydrogen-bond donors (Lipinski definition) is 2. The molecule has 14 heavy (non-hydrogen) atoms. The molecule has 5 nitrogen and oxygen atoms in total. The van der Waals surface area contributed by atoms with Crippen LogP contribution in [-0.2, 0) is 21.3 Å². The van der Waals surface area contributed by atoms with Gasteiger partial charge in [0.15, 0.2) is 0 Å². The molecule has 0 spiro atoms. The average Bonchev–Trinajstić information content (AvgIpc) is 2.02. The van der Waals surface area contributed by atoms with Gasteiger partial charge in [-0.2, -0.15) is 8.42 Å². The Balaban J connectivity index is 2.95. The largest absolute Gasteiger partial charge is 0.481 e. The number of carboxylic acid groups (broad SMARTS) is 1. The molecule has 0 unspecified atom stereocenters. The van der Waals surface area contributed by atoms with Gasteiger partial charge in [-0.25, -0.2) is 0 Å². The maximum Gasteiger partial charge on any atom is 0.307 e. The predicted octanol–water partition coefficient (Wildman–Crippen LogP) is 0.560. The van der Waals surface area contributed by atoms with E-state index in [4.69, 9.17) is 9.66 Å². The SMILES string of the molecule is O=C(O)Cc1ccc(S(=O)(=O)O)cc1. The molecule has 0 saturated heterocycles. The van der Waals surface area contributed by atoms with Crippen LogP contribution < -0.4 is 0 Å². The molecule has 0 aliphatic carbocycles. The Labute approximate surface area is 80.7 Å². The number of aliphatic carboxylic acids is 1. The highest BCUT2D eigenvalue weighted by Crippen LogP contribution is 2.10. The molecule has 6 heteroatoms. The lowest BCUT2D eigenvalue weighted by Crippen LogP contribution is -2.01. The van der Waals surface area contributed by atoms with E-state index < -0.39 is 16.1 Å². The molecule has 0 amide bonds. The van der Waals surface area contributed by atoms with Gasteiger partial charge in [0, 0.05) is 0 Å². The summed E-state index contributed by atoms with van der Waals surface area (Å²) in [5.41, 5.74) is 0.477. The highest BCUT2D eigenvalue weighted by atomic mass is 32.2. The number of hydrogen-bond acceptors (Lipinski definition) is 3. The zero-order valence-electron chi connectivity index (χ0n) is 7.04. The highest BCUT2D eigenvalue weighted by Gasteiger charge is 2.08. The van der Waals surface area contributed by atoms with E-state index in [1.807, 2.05) is 0 Å². The Kier molecular flexibility index (Phi) is 2.87. The first kappa shape index (κ1) is 10.7. The van der Waals surface area contributed by atoms with Crippen molar-refractivity contribution in [1.82, 2.24) is 0 Å². The third-order valence-electron chi connectivity index (χ3n) is 1.58. The first-order chi connectivity index (χ1) is 6.39. The second-order valence-electron chi connectivity index (χ2n) is 2.69. The molecule has 1 aromatic rings. The van der Waals surface area contributed by atoms with Gasteiger partial charge in [0.1, 0.15) is 0 Å². The van der Waals surface area contributed by atoms with Crippen molar-refractivity contribution in [2.24, 2.45) is 0 Å². The van der Waals surface area contributed by atoms with Crippen LogP contribution in [0.5, 0.6) is 0 Å². The molecule has 0 heterocycles. The summed E-state index contributed by atoms with van der Waals surface area (Å²) in [6.45, 7) is 0. The minimum Gasteiger partial charge on any atom is -0.481 e. The minimum atomic E-state index is -4.20. The summed E-state index contributed by atoms with van der Waals surface area (Å²) >= 11 is 0. The third-order valence-corrected chi connectivity index (χ3v) is 2.44. The topological polar surface area (TPSA) is 91.7 Å². The van der Waals surface area contributed by atoms with Crippen LogP contribution in [0.2, 0.25) is 0 Å². The van der Waals surface area contributed by atoms with Gasteiger partial charge in [0.2, 0.25) is 0 Å². The normalized spacial score (nSPS) is 11.2. The Morgan fingerprint density at radius 2 is 1.71 bits per heavy atom. The number of benzene rings is 1. The molecule has 0 radical (unpaired) electrons. The van der Waals surface area contributed by atoms with Gasteiger partial charge in [-0.1, -0.05) is 12.1 Å². The number of carboxylic acids is 1. The van der Waals surface area contributed by atoms with Gasteiger partial charge >= 0.3 is 5.97 Å². The number of carbonyl (C=O) groups is 1. The van der Waals surface area contributed by atoms with Crippen LogP contribution in [0.1, 0.15) is 5.56 Å². The van der Waals surface area contributed by atoms with Crippen LogP contribution in [0, 0.1) is 0 Å². The van der Waals surface area contributed by atoms with E-state index in [2.05, 4.69) is 0 Å². The van der Waals surface area contributed by atoms with Crippen LogP contribution >= 0.6 is 0 Å². The van der Waals surface area contributed by atoms with Gasteiger partial charge < -0.3 is 5.11 Å². The molecule has 1 aromatic carbocycles. The van der Waals surface area contributed by atoms with Crippen molar-refractivity contribution in [3.05, 3.63) is 29.8 Å². The summed E-state index contributed by atoms with van der Waals surface area (Å²) in [6, 6.07) is 5.01.